The molecule has 5 nitrogen and oxygen atoms in total. The van der Waals surface area contributed by atoms with Crippen LogP contribution in [-0.2, 0) is 0 Å². The van der Waals surface area contributed by atoms with Gasteiger partial charge in [-0.1, -0.05) is 0 Å². The number of rotatable bonds is 4. The van der Waals surface area contributed by atoms with Crippen molar-refractivity contribution in [1.29, 1.82) is 0 Å². The molecule has 1 saturated heterocycles. The lowest BCUT2D eigenvalue weighted by Gasteiger charge is -2.25. The molecule has 2 atom stereocenters. The number of nitrogen functional groups attached to an aromatic ring is 1. The summed E-state index contributed by atoms with van der Waals surface area (Å²) in [6.07, 6.45) is 0.568. The minimum absolute atomic E-state index is 0.581. The summed E-state index contributed by atoms with van der Waals surface area (Å²) >= 11 is 0. The Morgan fingerprint density at radius 1 is 1.47 bits per heavy atom. The molecule has 0 bridgehead atoms. The first-order valence-corrected chi connectivity index (χ1v) is 6.73. The molecule has 5 heteroatoms. The zero-order valence-corrected chi connectivity index (χ0v) is 11.9. The van der Waals surface area contributed by atoms with Crippen molar-refractivity contribution in [2.45, 2.75) is 25.6 Å². The van der Waals surface area contributed by atoms with Crippen molar-refractivity contribution < 1.29 is 5.11 Å². The van der Waals surface area contributed by atoms with E-state index in [1.54, 1.807) is 6.92 Å². The van der Waals surface area contributed by atoms with E-state index < -0.39 is 6.23 Å². The van der Waals surface area contributed by atoms with E-state index in [2.05, 4.69) is 29.2 Å². The molecule has 2 rings (SSSR count). The monoisotopic (exact) mass is 264 g/mol. The summed E-state index contributed by atoms with van der Waals surface area (Å²) < 4.78 is 0. The van der Waals surface area contributed by atoms with Crippen LogP contribution < -0.4 is 16.0 Å². The minimum atomic E-state index is -0.590. The summed E-state index contributed by atoms with van der Waals surface area (Å²) in [7, 11) is 4.23. The fourth-order valence-electron chi connectivity index (χ4n) is 2.55. The van der Waals surface area contributed by atoms with Gasteiger partial charge in [0.25, 0.3) is 0 Å². The van der Waals surface area contributed by atoms with Gasteiger partial charge in [-0.15, -0.1) is 0 Å². The zero-order chi connectivity index (χ0) is 14.0. The molecular weight excluding hydrogens is 240 g/mol. The summed E-state index contributed by atoms with van der Waals surface area (Å²) in [5.74, 6) is 0. The fourth-order valence-corrected chi connectivity index (χ4v) is 2.55. The van der Waals surface area contributed by atoms with Crippen molar-refractivity contribution in [3.63, 3.8) is 0 Å². The van der Waals surface area contributed by atoms with Crippen molar-refractivity contribution in [3.8, 4) is 0 Å². The summed E-state index contributed by atoms with van der Waals surface area (Å²) in [5.41, 5.74) is 8.54. The predicted molar refractivity (Wildman–Crippen MR) is 80.5 cm³/mol. The zero-order valence-electron chi connectivity index (χ0n) is 11.9. The molecule has 0 amide bonds. The summed E-state index contributed by atoms with van der Waals surface area (Å²) in [6, 6.07) is 6.39. The van der Waals surface area contributed by atoms with Gasteiger partial charge in [-0.3, -0.25) is 0 Å². The van der Waals surface area contributed by atoms with Crippen LogP contribution >= 0.6 is 0 Å². The Labute approximate surface area is 115 Å². The van der Waals surface area contributed by atoms with E-state index in [1.165, 1.54) is 0 Å². The highest BCUT2D eigenvalue weighted by Gasteiger charge is 2.25. The number of aliphatic hydroxyl groups is 1. The molecule has 1 unspecified atom stereocenters. The van der Waals surface area contributed by atoms with Gasteiger partial charge in [0.2, 0.25) is 0 Å². The first-order valence-electron chi connectivity index (χ1n) is 6.73. The van der Waals surface area contributed by atoms with Crippen molar-refractivity contribution in [3.05, 3.63) is 18.2 Å². The van der Waals surface area contributed by atoms with Crippen LogP contribution in [-0.4, -0.2) is 49.5 Å². The number of hydrogen-bond donors (Lipinski definition) is 3. The van der Waals surface area contributed by atoms with Crippen LogP contribution in [0, 0.1) is 0 Å². The van der Waals surface area contributed by atoms with E-state index in [-0.39, 0.29) is 0 Å². The molecule has 1 aliphatic heterocycles. The minimum Gasteiger partial charge on any atom is -0.399 e. The van der Waals surface area contributed by atoms with E-state index in [1.807, 2.05) is 18.2 Å². The smallest absolute Gasteiger partial charge is 0.121 e. The number of nitrogens with zero attached hydrogens (tertiary/aromatic N) is 2. The van der Waals surface area contributed by atoms with Crippen LogP contribution in [0.5, 0.6) is 0 Å². The van der Waals surface area contributed by atoms with Crippen LogP contribution in [0.2, 0.25) is 0 Å². The lowest BCUT2D eigenvalue weighted by Crippen LogP contribution is -2.31. The van der Waals surface area contributed by atoms with Crippen molar-refractivity contribution in [2.24, 2.45) is 0 Å². The van der Waals surface area contributed by atoms with Gasteiger partial charge in [0.05, 0.1) is 11.4 Å². The van der Waals surface area contributed by atoms with Crippen molar-refractivity contribution in [2.75, 3.05) is 43.1 Å². The molecule has 0 aromatic heterocycles. The average Bonchev–Trinajstić information content (AvgIpc) is 2.77. The summed E-state index contributed by atoms with van der Waals surface area (Å²) in [4.78, 5) is 4.61. The van der Waals surface area contributed by atoms with Crippen molar-refractivity contribution in [1.82, 2.24) is 4.90 Å². The standard InChI is InChI=1S/C14H24N4O/c1-10(19)16-13-8-11(15)4-5-14(13)18-7-6-12(9-18)17(2)3/h4-5,8,10,12,16,19H,6-7,9,15H2,1-3H3/t10?,12-/m0/s1. The highest BCUT2D eigenvalue weighted by Crippen LogP contribution is 2.31. The van der Waals surface area contributed by atoms with E-state index in [4.69, 9.17) is 5.73 Å². The van der Waals surface area contributed by atoms with E-state index in [0.717, 1.165) is 30.9 Å². The highest BCUT2D eigenvalue weighted by molar-refractivity contribution is 5.74. The maximum Gasteiger partial charge on any atom is 0.121 e. The summed E-state index contributed by atoms with van der Waals surface area (Å²) in [5, 5.41) is 12.6. The maximum absolute atomic E-state index is 9.53. The van der Waals surface area contributed by atoms with Gasteiger partial charge in [0.1, 0.15) is 6.23 Å². The fraction of sp³-hybridized carbons (Fsp3) is 0.571. The molecule has 1 heterocycles. The Morgan fingerprint density at radius 2 is 2.21 bits per heavy atom. The Hall–Kier alpha value is -1.46. The molecule has 1 aliphatic rings. The Balaban J connectivity index is 2.20. The van der Waals surface area contributed by atoms with Gasteiger partial charge in [-0.05, 0) is 45.6 Å². The van der Waals surface area contributed by atoms with Crippen LogP contribution in [0.25, 0.3) is 0 Å². The molecule has 1 aromatic carbocycles. The molecule has 0 saturated carbocycles. The molecule has 4 N–H and O–H groups in total. The number of hydrogen-bond acceptors (Lipinski definition) is 5. The van der Waals surface area contributed by atoms with Crippen molar-refractivity contribution >= 4 is 17.1 Å². The van der Waals surface area contributed by atoms with E-state index >= 15 is 0 Å². The molecule has 0 spiro atoms. The van der Waals surface area contributed by atoms with Gasteiger partial charge in [-0.2, -0.15) is 0 Å². The highest BCUT2D eigenvalue weighted by atomic mass is 16.3. The molecule has 106 valence electrons. The quantitative estimate of drug-likeness (QED) is 0.562. The third-order valence-electron chi connectivity index (χ3n) is 3.62. The second kappa shape index (κ2) is 5.67. The molecule has 1 fully saturated rings. The van der Waals surface area contributed by atoms with Gasteiger partial charge < -0.3 is 26.0 Å². The second-order valence-electron chi connectivity index (χ2n) is 5.45. The first kappa shape index (κ1) is 14.0. The van der Waals surface area contributed by atoms with Crippen LogP contribution in [0.4, 0.5) is 17.1 Å². The van der Waals surface area contributed by atoms with Gasteiger partial charge in [-0.25, -0.2) is 0 Å². The lowest BCUT2D eigenvalue weighted by atomic mass is 10.2. The molecule has 1 aromatic rings. The predicted octanol–water partition coefficient (Wildman–Crippen LogP) is 1.16. The van der Waals surface area contributed by atoms with Gasteiger partial charge in [0, 0.05) is 24.8 Å². The number of nitrogens with two attached hydrogens (primary N) is 1. The van der Waals surface area contributed by atoms with Crippen LogP contribution in [0.1, 0.15) is 13.3 Å². The second-order valence-corrected chi connectivity index (χ2v) is 5.45. The number of anilines is 3. The van der Waals surface area contributed by atoms with E-state index in [9.17, 15) is 5.11 Å². The normalized spacial score (nSPS) is 20.9. The van der Waals surface area contributed by atoms with Crippen LogP contribution in [0.15, 0.2) is 18.2 Å². The largest absolute Gasteiger partial charge is 0.399 e. The maximum atomic E-state index is 9.53. The third-order valence-corrected chi connectivity index (χ3v) is 3.62. The van der Waals surface area contributed by atoms with Crippen LogP contribution in [0.3, 0.4) is 0 Å². The van der Waals surface area contributed by atoms with E-state index in [0.29, 0.717) is 11.7 Å². The molecule has 0 radical (unpaired) electrons. The third kappa shape index (κ3) is 3.30. The topological polar surface area (TPSA) is 64.8 Å². The van der Waals surface area contributed by atoms with Gasteiger partial charge in [0.15, 0.2) is 0 Å². The number of aliphatic hydroxyl groups excluding tert-OH is 1. The number of likely N-dealkylation sites (N-methyl/N-ethyl adjacent to an activating group) is 1. The average molecular weight is 264 g/mol. The Bertz CT molecular complexity index is 433. The lowest BCUT2D eigenvalue weighted by molar-refractivity contribution is 0.224. The number of benzene rings is 1. The summed E-state index contributed by atoms with van der Waals surface area (Å²) in [6.45, 7) is 3.74. The molecule has 0 aliphatic carbocycles. The molecule has 19 heavy (non-hydrogen) atoms. The van der Waals surface area contributed by atoms with Gasteiger partial charge >= 0.3 is 0 Å². The Kier molecular flexibility index (Phi) is 4.17. The number of nitrogens with one attached hydrogen (secondary N) is 1. The SMILES string of the molecule is CC(O)Nc1cc(N)ccc1N1CC[C@H](N(C)C)C1. The molecular formula is C14H24N4O. The first-order chi connectivity index (χ1) is 8.97. The Morgan fingerprint density at radius 3 is 2.79 bits per heavy atom.